The fourth-order valence-electron chi connectivity index (χ4n) is 3.12. The van der Waals surface area contributed by atoms with Gasteiger partial charge in [0.1, 0.15) is 24.4 Å². The van der Waals surface area contributed by atoms with Crippen LogP contribution in [0.4, 0.5) is 0 Å². The van der Waals surface area contributed by atoms with Crippen molar-refractivity contribution in [2.75, 3.05) is 27.4 Å². The van der Waals surface area contributed by atoms with Gasteiger partial charge in [-0.1, -0.05) is 50.0 Å². The summed E-state index contributed by atoms with van der Waals surface area (Å²) in [5.41, 5.74) is 1.09. The molecule has 154 valence electrons. The highest BCUT2D eigenvalue weighted by Gasteiger charge is 2.47. The van der Waals surface area contributed by atoms with E-state index in [0.29, 0.717) is 19.8 Å². The van der Waals surface area contributed by atoms with Gasteiger partial charge in [0.25, 0.3) is 0 Å². The summed E-state index contributed by atoms with van der Waals surface area (Å²) in [6, 6.07) is 11.0. The van der Waals surface area contributed by atoms with Crippen LogP contribution in [0.5, 0.6) is 0 Å². The summed E-state index contributed by atoms with van der Waals surface area (Å²) < 4.78 is 28.8. The van der Waals surface area contributed by atoms with Gasteiger partial charge in [-0.25, -0.2) is 0 Å². The molecule has 1 N–H and O–H groups in total. The van der Waals surface area contributed by atoms with Crippen molar-refractivity contribution in [2.45, 2.75) is 63.0 Å². The number of hydrogen-bond acceptors (Lipinski definition) is 6. The predicted molar refractivity (Wildman–Crippen MR) is 106 cm³/mol. The van der Waals surface area contributed by atoms with Crippen molar-refractivity contribution in [2.24, 2.45) is 0 Å². The summed E-state index contributed by atoms with van der Waals surface area (Å²) >= 11 is 0. The molecule has 7 heteroatoms. The highest BCUT2D eigenvalue weighted by Crippen LogP contribution is 2.27. The minimum atomic E-state index is -1.22. The molecule has 1 saturated heterocycles. The summed E-state index contributed by atoms with van der Waals surface area (Å²) in [4.78, 5) is 0. The van der Waals surface area contributed by atoms with Gasteiger partial charge in [0.2, 0.25) is 0 Å². The third-order valence-corrected chi connectivity index (χ3v) is 6.41. The molecule has 1 aromatic carbocycles. The Balaban J connectivity index is 2.00. The van der Waals surface area contributed by atoms with Crippen molar-refractivity contribution in [3.8, 4) is 0 Å². The highest BCUT2D eigenvalue weighted by molar-refractivity contribution is 6.76. The maximum atomic E-state index is 10.3. The van der Waals surface area contributed by atoms with Crippen molar-refractivity contribution in [3.63, 3.8) is 0 Å². The Bertz CT molecular complexity index is 535. The lowest BCUT2D eigenvalue weighted by molar-refractivity contribution is -0.304. The van der Waals surface area contributed by atoms with Crippen molar-refractivity contribution in [1.29, 1.82) is 0 Å². The van der Waals surface area contributed by atoms with Crippen LogP contribution in [0.3, 0.4) is 0 Å². The number of rotatable bonds is 10. The predicted octanol–water partition coefficient (Wildman–Crippen LogP) is 2.67. The number of benzene rings is 1. The molecule has 2 rings (SSSR count). The molecule has 0 aromatic heterocycles. The lowest BCUT2D eigenvalue weighted by atomic mass is 9.98. The molecule has 0 spiro atoms. The molecule has 0 unspecified atom stereocenters. The summed E-state index contributed by atoms with van der Waals surface area (Å²) in [5, 5.41) is 10.3. The number of ether oxygens (including phenoxy) is 5. The monoisotopic (exact) mass is 398 g/mol. The van der Waals surface area contributed by atoms with E-state index in [1.807, 2.05) is 30.3 Å². The Morgan fingerprint density at radius 1 is 1.00 bits per heavy atom. The van der Waals surface area contributed by atoms with Gasteiger partial charge in [-0.15, -0.1) is 0 Å². The van der Waals surface area contributed by atoms with Gasteiger partial charge in [-0.05, 0) is 11.6 Å². The van der Waals surface area contributed by atoms with Crippen molar-refractivity contribution in [3.05, 3.63) is 35.9 Å². The molecular formula is C20H34O6Si. The summed E-state index contributed by atoms with van der Waals surface area (Å²) in [5.74, 6) is 0. The second-order valence-corrected chi connectivity index (χ2v) is 13.7. The van der Waals surface area contributed by atoms with Crippen LogP contribution in [0.25, 0.3) is 0 Å². The molecule has 1 aromatic rings. The second kappa shape index (κ2) is 10.7. The van der Waals surface area contributed by atoms with Crippen LogP contribution in [-0.2, 0) is 30.3 Å². The normalized spacial score (nSPS) is 29.0. The van der Waals surface area contributed by atoms with Crippen LogP contribution >= 0.6 is 0 Å². The first-order chi connectivity index (χ1) is 12.9. The molecule has 1 fully saturated rings. The van der Waals surface area contributed by atoms with Crippen LogP contribution < -0.4 is 0 Å². The van der Waals surface area contributed by atoms with E-state index in [2.05, 4.69) is 19.6 Å². The Labute approximate surface area is 163 Å². The minimum absolute atomic E-state index is 0.305. The van der Waals surface area contributed by atoms with Gasteiger partial charge >= 0.3 is 0 Å². The van der Waals surface area contributed by atoms with Crippen LogP contribution in [0.2, 0.25) is 25.7 Å². The standard InChI is InChI=1S/C20H34O6Si/c1-22-18-17(25-11-12-27(3,4)5)16(26-20(21)19(18)23-2)14-24-13-15-9-7-6-8-10-15/h6-10,16-21H,11-14H2,1-5H3/t16-,17-,18+,19-,20+/m1/s1. The zero-order chi connectivity index (χ0) is 19.9. The first-order valence-electron chi connectivity index (χ1n) is 9.48. The lowest BCUT2D eigenvalue weighted by Gasteiger charge is -2.43. The fraction of sp³-hybridized carbons (Fsp3) is 0.700. The molecular weight excluding hydrogens is 364 g/mol. The van der Waals surface area contributed by atoms with Crippen LogP contribution in [0.1, 0.15) is 5.56 Å². The van der Waals surface area contributed by atoms with E-state index in [9.17, 15) is 5.11 Å². The van der Waals surface area contributed by atoms with Gasteiger partial charge in [-0.2, -0.15) is 0 Å². The van der Waals surface area contributed by atoms with Crippen molar-refractivity contribution < 1.29 is 28.8 Å². The first-order valence-corrected chi connectivity index (χ1v) is 13.2. The highest BCUT2D eigenvalue weighted by atomic mass is 28.3. The smallest absolute Gasteiger partial charge is 0.184 e. The molecule has 0 aliphatic carbocycles. The SMILES string of the molecule is CO[C@@H]1[C@@H](OC)[C@@H](O)O[C@H](COCc2ccccc2)[C@H]1OCC[Si](C)(C)C. The lowest BCUT2D eigenvalue weighted by Crippen LogP contribution is -2.61. The maximum absolute atomic E-state index is 10.3. The second-order valence-electron chi connectivity index (χ2n) is 8.11. The van der Waals surface area contributed by atoms with E-state index >= 15 is 0 Å². The number of aliphatic hydroxyl groups is 1. The summed E-state index contributed by atoms with van der Waals surface area (Å²) in [6.07, 6.45) is -2.90. The molecule has 0 radical (unpaired) electrons. The molecule has 6 nitrogen and oxygen atoms in total. The van der Waals surface area contributed by atoms with Crippen molar-refractivity contribution in [1.82, 2.24) is 0 Å². The topological polar surface area (TPSA) is 66.4 Å². The Hall–Kier alpha value is -0.803. The Morgan fingerprint density at radius 3 is 2.26 bits per heavy atom. The third-order valence-electron chi connectivity index (χ3n) is 4.71. The van der Waals surface area contributed by atoms with E-state index in [1.54, 1.807) is 7.11 Å². The van der Waals surface area contributed by atoms with Gasteiger partial charge < -0.3 is 28.8 Å². The number of aliphatic hydroxyl groups excluding tert-OH is 1. The van der Waals surface area contributed by atoms with E-state index in [0.717, 1.165) is 11.6 Å². The maximum Gasteiger partial charge on any atom is 0.184 e. The Kier molecular flexibility index (Phi) is 8.88. The van der Waals surface area contributed by atoms with E-state index in [4.69, 9.17) is 23.7 Å². The molecule has 1 aliphatic rings. The van der Waals surface area contributed by atoms with Crippen LogP contribution in [-0.4, -0.2) is 71.3 Å². The van der Waals surface area contributed by atoms with Gasteiger partial charge in [0.15, 0.2) is 6.29 Å². The van der Waals surface area contributed by atoms with E-state index in [-0.39, 0.29) is 6.10 Å². The molecule has 0 bridgehead atoms. The number of methoxy groups -OCH3 is 2. The van der Waals surface area contributed by atoms with Crippen LogP contribution in [0.15, 0.2) is 30.3 Å². The molecule has 5 atom stereocenters. The summed E-state index contributed by atoms with van der Waals surface area (Å²) in [7, 11) is 1.92. The average Bonchev–Trinajstić information content (AvgIpc) is 2.62. The zero-order valence-corrected chi connectivity index (χ0v) is 18.1. The average molecular weight is 399 g/mol. The first kappa shape index (κ1) is 22.5. The quantitative estimate of drug-likeness (QED) is 0.611. The van der Waals surface area contributed by atoms with E-state index < -0.39 is 32.7 Å². The van der Waals surface area contributed by atoms with E-state index in [1.165, 1.54) is 7.11 Å². The largest absolute Gasteiger partial charge is 0.376 e. The van der Waals surface area contributed by atoms with Gasteiger partial charge in [0, 0.05) is 28.9 Å². The molecule has 0 saturated carbocycles. The molecule has 0 amide bonds. The number of hydrogen-bond donors (Lipinski definition) is 1. The van der Waals surface area contributed by atoms with Gasteiger partial charge in [-0.3, -0.25) is 0 Å². The van der Waals surface area contributed by atoms with Crippen molar-refractivity contribution >= 4 is 8.07 Å². The zero-order valence-electron chi connectivity index (χ0n) is 17.1. The summed E-state index contributed by atoms with van der Waals surface area (Å²) in [6.45, 7) is 8.34. The molecule has 27 heavy (non-hydrogen) atoms. The minimum Gasteiger partial charge on any atom is -0.376 e. The third kappa shape index (κ3) is 6.94. The molecule has 1 aliphatic heterocycles. The molecule has 1 heterocycles. The fourth-order valence-corrected chi connectivity index (χ4v) is 3.85. The van der Waals surface area contributed by atoms with Gasteiger partial charge in [0.05, 0.1) is 13.2 Å². The Morgan fingerprint density at radius 2 is 1.67 bits per heavy atom. The van der Waals surface area contributed by atoms with Crippen LogP contribution in [0, 0.1) is 0 Å².